The molecule has 0 aromatic carbocycles. The largest absolute Gasteiger partial charge is 0.352 e. The normalized spacial score (nSPS) is 25.3. The summed E-state index contributed by atoms with van der Waals surface area (Å²) in [4.78, 5) is 26.1. The van der Waals surface area contributed by atoms with E-state index in [4.69, 9.17) is 0 Å². The maximum atomic E-state index is 12.1. The monoisotopic (exact) mass is 310 g/mol. The number of carbonyl (C=O) groups is 2. The quantitative estimate of drug-likeness (QED) is 0.707. The van der Waals surface area contributed by atoms with Crippen LogP contribution in [0.4, 0.5) is 4.79 Å². The lowest BCUT2D eigenvalue weighted by atomic mass is 9.94. The van der Waals surface area contributed by atoms with Gasteiger partial charge in [-0.25, -0.2) is 4.79 Å². The molecule has 0 radical (unpaired) electrons. The van der Waals surface area contributed by atoms with Crippen molar-refractivity contribution >= 4 is 11.9 Å². The summed E-state index contributed by atoms with van der Waals surface area (Å²) in [6, 6.07) is 0.292. The van der Waals surface area contributed by atoms with E-state index in [2.05, 4.69) is 29.8 Å². The van der Waals surface area contributed by atoms with Gasteiger partial charge >= 0.3 is 6.03 Å². The first-order chi connectivity index (χ1) is 10.5. The number of urea groups is 1. The van der Waals surface area contributed by atoms with Crippen LogP contribution in [0.3, 0.4) is 0 Å². The van der Waals surface area contributed by atoms with Gasteiger partial charge in [-0.15, -0.1) is 0 Å². The van der Waals surface area contributed by atoms with Crippen molar-refractivity contribution in [1.29, 1.82) is 0 Å². The third-order valence-electron chi connectivity index (χ3n) is 4.37. The van der Waals surface area contributed by atoms with Gasteiger partial charge in [0.05, 0.1) is 0 Å². The van der Waals surface area contributed by atoms with Gasteiger partial charge in [0.2, 0.25) is 5.91 Å². The standard InChI is InChI=1S/C16H30N4O2/c1-12(2)9-18-16(22)20-7-3-4-13(11-20)8-15(21)19-14-5-6-17-10-14/h12-14,17H,3-11H2,1-2H3,(H,18,22)(H,19,21). The highest BCUT2D eigenvalue weighted by Gasteiger charge is 2.26. The molecule has 6 heteroatoms. The first-order valence-electron chi connectivity index (χ1n) is 8.57. The lowest BCUT2D eigenvalue weighted by Crippen LogP contribution is -2.47. The van der Waals surface area contributed by atoms with Gasteiger partial charge < -0.3 is 20.9 Å². The van der Waals surface area contributed by atoms with Crippen molar-refractivity contribution in [3.63, 3.8) is 0 Å². The Kier molecular flexibility index (Phi) is 6.49. The zero-order valence-electron chi connectivity index (χ0n) is 13.9. The molecular formula is C16H30N4O2. The van der Waals surface area contributed by atoms with Crippen LogP contribution in [0.2, 0.25) is 0 Å². The van der Waals surface area contributed by atoms with E-state index in [-0.39, 0.29) is 23.9 Å². The predicted octanol–water partition coefficient (Wildman–Crippen LogP) is 0.932. The van der Waals surface area contributed by atoms with Crippen LogP contribution in [0.1, 0.15) is 39.5 Å². The van der Waals surface area contributed by atoms with Crippen LogP contribution in [0.5, 0.6) is 0 Å². The van der Waals surface area contributed by atoms with Gasteiger partial charge in [0.25, 0.3) is 0 Å². The number of likely N-dealkylation sites (tertiary alicyclic amines) is 1. The first-order valence-corrected chi connectivity index (χ1v) is 8.57. The van der Waals surface area contributed by atoms with Crippen LogP contribution in [-0.2, 0) is 4.79 Å². The van der Waals surface area contributed by atoms with E-state index in [1.54, 1.807) is 0 Å². The Balaban J connectivity index is 1.72. The molecule has 2 unspecified atom stereocenters. The summed E-state index contributed by atoms with van der Waals surface area (Å²) >= 11 is 0. The van der Waals surface area contributed by atoms with Gasteiger partial charge in [0.1, 0.15) is 0 Å². The second kappa shape index (κ2) is 8.36. The van der Waals surface area contributed by atoms with Crippen LogP contribution in [0, 0.1) is 11.8 Å². The number of nitrogens with one attached hydrogen (secondary N) is 3. The molecule has 0 aromatic rings. The molecule has 3 amide bonds. The summed E-state index contributed by atoms with van der Waals surface area (Å²) in [5.41, 5.74) is 0. The number of nitrogens with zero attached hydrogens (tertiary/aromatic N) is 1. The molecule has 6 nitrogen and oxygen atoms in total. The van der Waals surface area contributed by atoms with E-state index in [0.717, 1.165) is 38.9 Å². The Labute approximate surface area is 133 Å². The Hall–Kier alpha value is -1.30. The fourth-order valence-corrected chi connectivity index (χ4v) is 3.15. The second-order valence-electron chi connectivity index (χ2n) is 7.00. The maximum absolute atomic E-state index is 12.1. The summed E-state index contributed by atoms with van der Waals surface area (Å²) in [5, 5.41) is 9.30. The van der Waals surface area contributed by atoms with Crippen LogP contribution in [-0.4, -0.2) is 55.6 Å². The summed E-state index contributed by atoms with van der Waals surface area (Å²) in [6.07, 6.45) is 3.56. The van der Waals surface area contributed by atoms with Gasteiger partial charge in [-0.05, 0) is 37.6 Å². The highest BCUT2D eigenvalue weighted by atomic mass is 16.2. The van der Waals surface area contributed by atoms with Crippen molar-refractivity contribution in [3.05, 3.63) is 0 Å². The molecule has 2 heterocycles. The van der Waals surface area contributed by atoms with Crippen LogP contribution in [0.15, 0.2) is 0 Å². The third-order valence-corrected chi connectivity index (χ3v) is 4.37. The number of hydrogen-bond acceptors (Lipinski definition) is 3. The summed E-state index contributed by atoms with van der Waals surface area (Å²) in [6.45, 7) is 8.23. The fourth-order valence-electron chi connectivity index (χ4n) is 3.15. The number of carbonyl (C=O) groups excluding carboxylic acids is 2. The molecule has 126 valence electrons. The zero-order valence-corrected chi connectivity index (χ0v) is 13.9. The SMILES string of the molecule is CC(C)CNC(=O)N1CCCC(CC(=O)NC2CCNC2)C1. The third kappa shape index (κ3) is 5.48. The number of piperidine rings is 1. The van der Waals surface area contributed by atoms with Crippen LogP contribution >= 0.6 is 0 Å². The second-order valence-corrected chi connectivity index (χ2v) is 7.00. The number of hydrogen-bond donors (Lipinski definition) is 3. The highest BCUT2D eigenvalue weighted by Crippen LogP contribution is 2.19. The average Bonchev–Trinajstić information content (AvgIpc) is 2.97. The smallest absolute Gasteiger partial charge is 0.317 e. The van der Waals surface area contributed by atoms with Crippen molar-refractivity contribution in [2.24, 2.45) is 11.8 Å². The Morgan fingerprint density at radius 3 is 2.82 bits per heavy atom. The van der Waals surface area contributed by atoms with E-state index in [1.807, 2.05) is 4.90 Å². The molecule has 2 atom stereocenters. The van der Waals surface area contributed by atoms with Crippen molar-refractivity contribution < 1.29 is 9.59 Å². The van der Waals surface area contributed by atoms with Gasteiger partial charge in [-0.2, -0.15) is 0 Å². The van der Waals surface area contributed by atoms with E-state index in [1.165, 1.54) is 0 Å². The molecule has 0 saturated carbocycles. The molecule has 0 bridgehead atoms. The molecule has 2 aliphatic rings. The molecule has 2 saturated heterocycles. The predicted molar refractivity (Wildman–Crippen MR) is 86.6 cm³/mol. The van der Waals surface area contributed by atoms with Crippen molar-refractivity contribution in [3.8, 4) is 0 Å². The van der Waals surface area contributed by atoms with Crippen LogP contribution < -0.4 is 16.0 Å². The highest BCUT2D eigenvalue weighted by molar-refractivity contribution is 5.77. The fraction of sp³-hybridized carbons (Fsp3) is 0.875. The van der Waals surface area contributed by atoms with Crippen LogP contribution in [0.25, 0.3) is 0 Å². The van der Waals surface area contributed by atoms with E-state index in [9.17, 15) is 9.59 Å². The Morgan fingerprint density at radius 1 is 1.32 bits per heavy atom. The lowest BCUT2D eigenvalue weighted by molar-refractivity contribution is -0.122. The van der Waals surface area contributed by atoms with Gasteiger partial charge in [0.15, 0.2) is 0 Å². The molecule has 2 rings (SSSR count). The van der Waals surface area contributed by atoms with Gasteiger partial charge in [-0.3, -0.25) is 4.79 Å². The molecule has 2 aliphatic heterocycles. The zero-order chi connectivity index (χ0) is 15.9. The number of amides is 3. The Bertz CT molecular complexity index is 380. The minimum atomic E-state index is 0.0128. The van der Waals surface area contributed by atoms with Gasteiger partial charge in [-0.1, -0.05) is 13.8 Å². The maximum Gasteiger partial charge on any atom is 0.317 e. The van der Waals surface area contributed by atoms with E-state index >= 15 is 0 Å². The summed E-state index contributed by atoms with van der Waals surface area (Å²) in [5.74, 6) is 0.867. The van der Waals surface area contributed by atoms with Crippen molar-refractivity contribution in [2.45, 2.75) is 45.6 Å². The lowest BCUT2D eigenvalue weighted by Gasteiger charge is -2.33. The molecule has 0 aromatic heterocycles. The molecule has 22 heavy (non-hydrogen) atoms. The molecular weight excluding hydrogens is 280 g/mol. The topological polar surface area (TPSA) is 73.5 Å². The van der Waals surface area contributed by atoms with E-state index < -0.39 is 0 Å². The van der Waals surface area contributed by atoms with Crippen molar-refractivity contribution in [1.82, 2.24) is 20.9 Å². The molecule has 2 fully saturated rings. The molecule has 0 aliphatic carbocycles. The first kappa shape index (κ1) is 17.1. The van der Waals surface area contributed by atoms with Gasteiger partial charge in [0, 0.05) is 38.6 Å². The van der Waals surface area contributed by atoms with Crippen molar-refractivity contribution in [2.75, 3.05) is 32.7 Å². The molecule has 0 spiro atoms. The minimum Gasteiger partial charge on any atom is -0.352 e. The minimum absolute atomic E-state index is 0.0128. The molecule has 3 N–H and O–H groups in total. The van der Waals surface area contributed by atoms with E-state index in [0.29, 0.717) is 25.4 Å². The Morgan fingerprint density at radius 2 is 2.14 bits per heavy atom. The average molecular weight is 310 g/mol. The number of rotatable bonds is 5. The summed E-state index contributed by atoms with van der Waals surface area (Å²) < 4.78 is 0. The summed E-state index contributed by atoms with van der Waals surface area (Å²) in [7, 11) is 0.